The predicted molar refractivity (Wildman–Crippen MR) is 109 cm³/mol. The lowest BCUT2D eigenvalue weighted by atomic mass is 9.91. The number of nitrogens with one attached hydrogen (secondary N) is 1. The molecule has 0 spiro atoms. The third-order valence-electron chi connectivity index (χ3n) is 5.49. The van der Waals surface area contributed by atoms with Gasteiger partial charge in [0.2, 0.25) is 0 Å². The molecule has 1 saturated heterocycles. The maximum atomic E-state index is 13.2. The Balaban J connectivity index is 1.72. The van der Waals surface area contributed by atoms with Crippen molar-refractivity contribution < 1.29 is 14.3 Å². The standard InChI is InChI=1S/C21H36N4O3/c1-4-27-11-5-8-22-17-6-7-19-18(14-17)20(23-25(19)15-16(2)3)21(26)24-9-12-28-13-10-24/h16-17,22H,4-15H2,1-3H3/t17-/m1/s1. The van der Waals surface area contributed by atoms with E-state index in [-0.39, 0.29) is 5.91 Å². The summed E-state index contributed by atoms with van der Waals surface area (Å²) in [6.45, 7) is 12.4. The van der Waals surface area contributed by atoms with Crippen LogP contribution < -0.4 is 5.32 Å². The number of amides is 1. The highest BCUT2D eigenvalue weighted by molar-refractivity contribution is 5.94. The summed E-state index contributed by atoms with van der Waals surface area (Å²) >= 11 is 0. The first-order valence-electron chi connectivity index (χ1n) is 10.9. The van der Waals surface area contributed by atoms with Gasteiger partial charge in [0.1, 0.15) is 0 Å². The molecule has 1 aromatic rings. The lowest BCUT2D eigenvalue weighted by Crippen LogP contribution is -2.42. The van der Waals surface area contributed by atoms with E-state index in [1.165, 1.54) is 5.69 Å². The fourth-order valence-corrected chi connectivity index (χ4v) is 4.07. The van der Waals surface area contributed by atoms with E-state index in [1.807, 2.05) is 11.8 Å². The summed E-state index contributed by atoms with van der Waals surface area (Å²) in [6, 6.07) is 0.405. The van der Waals surface area contributed by atoms with Gasteiger partial charge in [-0.15, -0.1) is 0 Å². The molecule has 2 heterocycles. The number of morpholine rings is 1. The van der Waals surface area contributed by atoms with Crippen LogP contribution in [-0.4, -0.2) is 72.7 Å². The third-order valence-corrected chi connectivity index (χ3v) is 5.49. The average molecular weight is 393 g/mol. The Kier molecular flexibility index (Phi) is 7.88. The van der Waals surface area contributed by atoms with Crippen molar-refractivity contribution in [2.45, 2.75) is 59.0 Å². The Morgan fingerprint density at radius 2 is 2.14 bits per heavy atom. The summed E-state index contributed by atoms with van der Waals surface area (Å²) in [7, 11) is 0. The number of hydrogen-bond acceptors (Lipinski definition) is 5. The zero-order chi connectivity index (χ0) is 19.9. The van der Waals surface area contributed by atoms with Crippen LogP contribution in [0.1, 0.15) is 55.4 Å². The molecule has 3 rings (SSSR count). The fraction of sp³-hybridized carbons (Fsp3) is 0.810. The van der Waals surface area contributed by atoms with Gasteiger partial charge in [-0.2, -0.15) is 5.10 Å². The molecule has 7 nitrogen and oxygen atoms in total. The second kappa shape index (κ2) is 10.4. The van der Waals surface area contributed by atoms with Crippen molar-refractivity contribution >= 4 is 5.91 Å². The van der Waals surface area contributed by atoms with E-state index >= 15 is 0 Å². The first-order valence-corrected chi connectivity index (χ1v) is 10.9. The lowest BCUT2D eigenvalue weighted by molar-refractivity contribution is 0.0297. The van der Waals surface area contributed by atoms with Crippen LogP contribution in [-0.2, 0) is 28.9 Å². The van der Waals surface area contributed by atoms with Crippen LogP contribution in [0.4, 0.5) is 0 Å². The molecule has 1 aliphatic heterocycles. The molecule has 1 aliphatic carbocycles. The first-order chi connectivity index (χ1) is 13.6. The Hall–Kier alpha value is -1.44. The molecule has 158 valence electrons. The molecule has 0 radical (unpaired) electrons. The number of hydrogen-bond donors (Lipinski definition) is 1. The van der Waals surface area contributed by atoms with Gasteiger partial charge < -0.3 is 19.7 Å². The van der Waals surface area contributed by atoms with E-state index in [4.69, 9.17) is 14.6 Å². The molecule has 28 heavy (non-hydrogen) atoms. The summed E-state index contributed by atoms with van der Waals surface area (Å²) in [6.07, 6.45) is 3.97. The Morgan fingerprint density at radius 1 is 1.36 bits per heavy atom. The van der Waals surface area contributed by atoms with Crippen LogP contribution in [0, 0.1) is 5.92 Å². The number of carbonyl (C=O) groups excluding carboxylic acids is 1. The van der Waals surface area contributed by atoms with E-state index < -0.39 is 0 Å². The highest BCUT2D eigenvalue weighted by atomic mass is 16.5. The van der Waals surface area contributed by atoms with Gasteiger partial charge in [-0.3, -0.25) is 9.48 Å². The molecule has 7 heteroatoms. The summed E-state index contributed by atoms with van der Waals surface area (Å²) in [5.41, 5.74) is 3.08. The lowest BCUT2D eigenvalue weighted by Gasteiger charge is -2.28. The normalized spacial score (nSPS) is 19.9. The minimum Gasteiger partial charge on any atom is -0.382 e. The second-order valence-corrected chi connectivity index (χ2v) is 8.20. The minimum atomic E-state index is 0.0686. The number of rotatable bonds is 9. The smallest absolute Gasteiger partial charge is 0.274 e. The van der Waals surface area contributed by atoms with E-state index in [1.54, 1.807) is 0 Å². The van der Waals surface area contributed by atoms with Gasteiger partial charge in [-0.25, -0.2) is 0 Å². The topological polar surface area (TPSA) is 68.6 Å². The Labute approximate surface area is 168 Å². The van der Waals surface area contributed by atoms with E-state index in [0.717, 1.165) is 57.6 Å². The zero-order valence-electron chi connectivity index (χ0n) is 17.7. The van der Waals surface area contributed by atoms with Gasteiger partial charge in [0, 0.05) is 50.1 Å². The zero-order valence-corrected chi connectivity index (χ0v) is 17.7. The second-order valence-electron chi connectivity index (χ2n) is 8.20. The van der Waals surface area contributed by atoms with Gasteiger partial charge >= 0.3 is 0 Å². The molecular formula is C21H36N4O3. The Bertz CT molecular complexity index is 638. The summed E-state index contributed by atoms with van der Waals surface area (Å²) < 4.78 is 12.9. The Morgan fingerprint density at radius 3 is 2.86 bits per heavy atom. The van der Waals surface area contributed by atoms with Crippen molar-refractivity contribution in [1.82, 2.24) is 20.0 Å². The highest BCUT2D eigenvalue weighted by Gasteiger charge is 2.31. The number of fused-ring (bicyclic) bond motifs is 1. The predicted octanol–water partition coefficient (Wildman–Crippen LogP) is 1.89. The summed E-state index contributed by atoms with van der Waals surface area (Å²) in [5, 5.41) is 8.45. The monoisotopic (exact) mass is 392 g/mol. The molecule has 1 aromatic heterocycles. The van der Waals surface area contributed by atoms with Crippen molar-refractivity contribution in [3.05, 3.63) is 17.0 Å². The molecule has 1 amide bonds. The van der Waals surface area contributed by atoms with Crippen molar-refractivity contribution in [2.24, 2.45) is 5.92 Å². The average Bonchev–Trinajstić information content (AvgIpc) is 3.05. The molecule has 0 unspecified atom stereocenters. The van der Waals surface area contributed by atoms with Crippen molar-refractivity contribution in [2.75, 3.05) is 46.1 Å². The highest BCUT2D eigenvalue weighted by Crippen LogP contribution is 2.27. The molecule has 0 saturated carbocycles. The molecule has 1 atom stereocenters. The van der Waals surface area contributed by atoms with Crippen LogP contribution in [0.15, 0.2) is 0 Å². The number of nitrogens with zero attached hydrogens (tertiary/aromatic N) is 3. The molecule has 1 fully saturated rings. The minimum absolute atomic E-state index is 0.0686. The van der Waals surface area contributed by atoms with Crippen molar-refractivity contribution in [1.29, 1.82) is 0 Å². The maximum Gasteiger partial charge on any atom is 0.274 e. The fourth-order valence-electron chi connectivity index (χ4n) is 4.07. The van der Waals surface area contributed by atoms with Crippen molar-refractivity contribution in [3.63, 3.8) is 0 Å². The van der Waals surface area contributed by atoms with Gasteiger partial charge in [-0.05, 0) is 45.1 Å². The van der Waals surface area contributed by atoms with Gasteiger partial charge in [-0.1, -0.05) is 13.8 Å². The molecule has 1 N–H and O–H groups in total. The number of aromatic nitrogens is 2. The van der Waals surface area contributed by atoms with Gasteiger partial charge in [0.15, 0.2) is 5.69 Å². The number of ether oxygens (including phenoxy) is 2. The van der Waals surface area contributed by atoms with Crippen LogP contribution in [0.25, 0.3) is 0 Å². The van der Waals surface area contributed by atoms with Gasteiger partial charge in [0.05, 0.1) is 13.2 Å². The molecule has 0 bridgehead atoms. The van der Waals surface area contributed by atoms with E-state index in [9.17, 15) is 4.79 Å². The SMILES string of the molecule is CCOCCCN[C@@H]1CCc2c(c(C(=O)N3CCOCC3)nn2CC(C)C)C1. The van der Waals surface area contributed by atoms with Gasteiger partial charge in [0.25, 0.3) is 5.91 Å². The molecule has 0 aromatic carbocycles. The van der Waals surface area contributed by atoms with Crippen molar-refractivity contribution in [3.8, 4) is 0 Å². The van der Waals surface area contributed by atoms with E-state index in [0.29, 0.717) is 44.0 Å². The quantitative estimate of drug-likeness (QED) is 0.650. The summed E-state index contributed by atoms with van der Waals surface area (Å²) in [4.78, 5) is 15.1. The number of carbonyl (C=O) groups is 1. The maximum absolute atomic E-state index is 13.2. The van der Waals surface area contributed by atoms with Crippen LogP contribution in [0.2, 0.25) is 0 Å². The van der Waals surface area contributed by atoms with E-state index in [2.05, 4.69) is 23.8 Å². The third kappa shape index (κ3) is 5.33. The first kappa shape index (κ1) is 21.3. The van der Waals surface area contributed by atoms with Crippen LogP contribution in [0.5, 0.6) is 0 Å². The van der Waals surface area contributed by atoms with Crippen LogP contribution >= 0.6 is 0 Å². The van der Waals surface area contributed by atoms with Crippen LogP contribution in [0.3, 0.4) is 0 Å². The summed E-state index contributed by atoms with van der Waals surface area (Å²) in [5.74, 6) is 0.573. The molecular weight excluding hydrogens is 356 g/mol. The molecule has 2 aliphatic rings. The largest absolute Gasteiger partial charge is 0.382 e.